The predicted octanol–water partition coefficient (Wildman–Crippen LogP) is 5.02. The largest absolute Gasteiger partial charge is 0.457 e. The van der Waals surface area contributed by atoms with E-state index in [-0.39, 0.29) is 5.82 Å². The topological polar surface area (TPSA) is 21.3 Å². The lowest BCUT2D eigenvalue weighted by Gasteiger charge is -2.13. The monoisotopic (exact) mass is 307 g/mol. The van der Waals surface area contributed by atoms with Crippen LogP contribution in [0.4, 0.5) is 4.39 Å². The van der Waals surface area contributed by atoms with Crippen LogP contribution in [0.25, 0.3) is 0 Å². The zero-order chi connectivity index (χ0) is 15.2. The van der Waals surface area contributed by atoms with Crippen LogP contribution in [0.15, 0.2) is 42.5 Å². The Hall–Kier alpha value is -1.58. The summed E-state index contributed by atoms with van der Waals surface area (Å²) in [6.45, 7) is 5.90. The van der Waals surface area contributed by atoms with Crippen LogP contribution in [0.5, 0.6) is 11.5 Å². The Bertz CT molecular complexity index is 601. The first kappa shape index (κ1) is 15.8. The molecular formula is C17H19ClFNO. The molecule has 4 heteroatoms. The van der Waals surface area contributed by atoms with Crippen molar-refractivity contribution in [2.45, 2.75) is 20.4 Å². The molecule has 0 heterocycles. The van der Waals surface area contributed by atoms with E-state index in [9.17, 15) is 4.39 Å². The molecule has 0 radical (unpaired) electrons. The number of rotatable bonds is 6. The number of ether oxygens (including phenoxy) is 1. The second-order valence-electron chi connectivity index (χ2n) is 5.34. The van der Waals surface area contributed by atoms with Gasteiger partial charge in [-0.3, -0.25) is 0 Å². The van der Waals surface area contributed by atoms with Gasteiger partial charge in [-0.1, -0.05) is 37.6 Å². The summed E-state index contributed by atoms with van der Waals surface area (Å²) in [6.07, 6.45) is 0. The van der Waals surface area contributed by atoms with Gasteiger partial charge in [0.1, 0.15) is 17.3 Å². The van der Waals surface area contributed by atoms with Crippen molar-refractivity contribution in [1.82, 2.24) is 5.32 Å². The molecule has 0 aliphatic heterocycles. The van der Waals surface area contributed by atoms with Crippen molar-refractivity contribution in [3.8, 4) is 11.5 Å². The third-order valence-corrected chi connectivity index (χ3v) is 3.16. The summed E-state index contributed by atoms with van der Waals surface area (Å²) in [5.41, 5.74) is 0.990. The van der Waals surface area contributed by atoms with Gasteiger partial charge < -0.3 is 10.1 Å². The van der Waals surface area contributed by atoms with E-state index in [2.05, 4.69) is 19.2 Å². The van der Waals surface area contributed by atoms with Crippen LogP contribution in [-0.4, -0.2) is 6.54 Å². The molecule has 1 N–H and O–H groups in total. The molecule has 0 fully saturated rings. The number of hydrogen-bond acceptors (Lipinski definition) is 2. The number of nitrogens with one attached hydrogen (secondary N) is 1. The van der Waals surface area contributed by atoms with E-state index >= 15 is 0 Å². The van der Waals surface area contributed by atoms with Gasteiger partial charge in [0.05, 0.1) is 0 Å². The van der Waals surface area contributed by atoms with Crippen molar-refractivity contribution in [2.24, 2.45) is 5.92 Å². The molecule has 2 aromatic rings. The van der Waals surface area contributed by atoms with Gasteiger partial charge in [0.15, 0.2) is 0 Å². The molecule has 2 nitrogen and oxygen atoms in total. The Morgan fingerprint density at radius 1 is 1.19 bits per heavy atom. The van der Waals surface area contributed by atoms with Crippen LogP contribution < -0.4 is 10.1 Å². The van der Waals surface area contributed by atoms with E-state index in [0.717, 1.165) is 12.1 Å². The fourth-order valence-corrected chi connectivity index (χ4v) is 2.08. The lowest BCUT2D eigenvalue weighted by molar-refractivity contribution is 0.464. The van der Waals surface area contributed by atoms with Gasteiger partial charge in [-0.05, 0) is 36.7 Å². The van der Waals surface area contributed by atoms with Crippen molar-refractivity contribution in [3.63, 3.8) is 0 Å². The second kappa shape index (κ2) is 7.43. The molecule has 2 rings (SSSR count). The third-order valence-electron chi connectivity index (χ3n) is 2.92. The lowest BCUT2D eigenvalue weighted by Crippen LogP contribution is -2.19. The first-order chi connectivity index (χ1) is 10.0. The SMILES string of the molecule is CC(C)CNCc1ccc(Cl)cc1Oc1cccc(F)c1. The second-order valence-corrected chi connectivity index (χ2v) is 5.77. The Kier molecular flexibility index (Phi) is 5.59. The maximum atomic E-state index is 13.2. The average Bonchev–Trinajstić information content (AvgIpc) is 2.41. The minimum Gasteiger partial charge on any atom is -0.457 e. The molecule has 0 atom stereocenters. The smallest absolute Gasteiger partial charge is 0.133 e. The molecule has 0 bridgehead atoms. The Morgan fingerprint density at radius 2 is 2.00 bits per heavy atom. The maximum Gasteiger partial charge on any atom is 0.133 e. The minimum absolute atomic E-state index is 0.325. The standard InChI is InChI=1S/C17H19ClFNO/c1-12(2)10-20-11-13-6-7-14(18)8-17(13)21-16-5-3-4-15(19)9-16/h3-9,12,20H,10-11H2,1-2H3. The fourth-order valence-electron chi connectivity index (χ4n) is 1.92. The van der Waals surface area contributed by atoms with Crippen LogP contribution in [0.1, 0.15) is 19.4 Å². The molecule has 0 saturated heterocycles. The van der Waals surface area contributed by atoms with Crippen molar-refractivity contribution >= 4 is 11.6 Å². The summed E-state index contributed by atoms with van der Waals surface area (Å²) < 4.78 is 19.0. The summed E-state index contributed by atoms with van der Waals surface area (Å²) >= 11 is 6.02. The van der Waals surface area contributed by atoms with Crippen molar-refractivity contribution < 1.29 is 9.13 Å². The third kappa shape index (κ3) is 5.03. The van der Waals surface area contributed by atoms with E-state index in [4.69, 9.17) is 16.3 Å². The van der Waals surface area contributed by atoms with Gasteiger partial charge in [-0.15, -0.1) is 0 Å². The van der Waals surface area contributed by atoms with Crippen LogP contribution in [0.2, 0.25) is 5.02 Å². The van der Waals surface area contributed by atoms with Gasteiger partial charge in [-0.25, -0.2) is 4.39 Å². The number of hydrogen-bond donors (Lipinski definition) is 1. The highest BCUT2D eigenvalue weighted by Crippen LogP contribution is 2.28. The summed E-state index contributed by atoms with van der Waals surface area (Å²) in [5, 5.41) is 3.95. The van der Waals surface area contributed by atoms with Crippen molar-refractivity contribution in [3.05, 3.63) is 58.9 Å². The minimum atomic E-state index is -0.325. The molecule has 0 aromatic heterocycles. The molecule has 0 unspecified atom stereocenters. The van der Waals surface area contributed by atoms with Crippen molar-refractivity contribution in [2.75, 3.05) is 6.54 Å². The maximum absolute atomic E-state index is 13.2. The summed E-state index contributed by atoms with van der Waals surface area (Å²) in [4.78, 5) is 0. The molecule has 0 amide bonds. The normalized spacial score (nSPS) is 10.9. The zero-order valence-electron chi connectivity index (χ0n) is 12.2. The first-order valence-electron chi connectivity index (χ1n) is 6.97. The summed E-state index contributed by atoms with van der Waals surface area (Å²) in [5.74, 6) is 1.35. The molecule has 0 saturated carbocycles. The summed E-state index contributed by atoms with van der Waals surface area (Å²) in [6, 6.07) is 11.6. The van der Waals surface area contributed by atoms with Gasteiger partial charge in [0.2, 0.25) is 0 Å². The van der Waals surface area contributed by atoms with Crippen LogP contribution in [0, 0.1) is 11.7 Å². The summed E-state index contributed by atoms with van der Waals surface area (Å²) in [7, 11) is 0. The Morgan fingerprint density at radius 3 is 2.71 bits per heavy atom. The predicted molar refractivity (Wildman–Crippen MR) is 84.5 cm³/mol. The highest BCUT2D eigenvalue weighted by Gasteiger charge is 2.07. The van der Waals surface area contributed by atoms with Gasteiger partial charge in [-0.2, -0.15) is 0 Å². The number of halogens is 2. The van der Waals surface area contributed by atoms with Crippen molar-refractivity contribution in [1.29, 1.82) is 0 Å². The molecule has 0 spiro atoms. The van der Waals surface area contributed by atoms with Gasteiger partial charge >= 0.3 is 0 Å². The highest BCUT2D eigenvalue weighted by molar-refractivity contribution is 6.30. The van der Waals surface area contributed by atoms with Gasteiger partial charge in [0, 0.05) is 23.2 Å². The highest BCUT2D eigenvalue weighted by atomic mass is 35.5. The fraction of sp³-hybridized carbons (Fsp3) is 0.294. The van der Waals surface area contributed by atoms with Crippen LogP contribution in [-0.2, 0) is 6.54 Å². The van der Waals surface area contributed by atoms with Crippen LogP contribution in [0.3, 0.4) is 0 Å². The molecule has 21 heavy (non-hydrogen) atoms. The van der Waals surface area contributed by atoms with E-state index in [1.165, 1.54) is 12.1 Å². The number of benzene rings is 2. The Labute approximate surface area is 129 Å². The molecule has 0 aliphatic carbocycles. The zero-order valence-corrected chi connectivity index (χ0v) is 13.0. The molecular weight excluding hydrogens is 289 g/mol. The quantitative estimate of drug-likeness (QED) is 0.809. The van der Waals surface area contributed by atoms with E-state index in [1.54, 1.807) is 18.2 Å². The van der Waals surface area contributed by atoms with Gasteiger partial charge in [0.25, 0.3) is 0 Å². The van der Waals surface area contributed by atoms with Crippen LogP contribution >= 0.6 is 11.6 Å². The Balaban J connectivity index is 2.15. The lowest BCUT2D eigenvalue weighted by atomic mass is 10.1. The molecule has 0 aliphatic rings. The average molecular weight is 308 g/mol. The van der Waals surface area contributed by atoms with E-state index in [0.29, 0.717) is 29.0 Å². The first-order valence-corrected chi connectivity index (χ1v) is 7.35. The molecule has 2 aromatic carbocycles. The van der Waals surface area contributed by atoms with E-state index in [1.807, 2.05) is 12.1 Å². The molecule has 112 valence electrons. The van der Waals surface area contributed by atoms with E-state index < -0.39 is 0 Å².